The first kappa shape index (κ1) is 51.0. The molecule has 346 valence electrons. The topological polar surface area (TPSA) is 231 Å². The third kappa shape index (κ3) is 11.9. The number of urea groups is 1. The van der Waals surface area contributed by atoms with E-state index in [4.69, 9.17) is 42.1 Å². The Hall–Kier alpha value is -3.65. The van der Waals surface area contributed by atoms with Crippen LogP contribution < -0.4 is 5.32 Å². The van der Waals surface area contributed by atoms with Crippen LogP contribution in [0.3, 0.4) is 0 Å². The lowest BCUT2D eigenvalue weighted by Gasteiger charge is -2.47. The quantitative estimate of drug-likeness (QED) is 0.122. The number of cyclic esters (lactones) is 1. The Morgan fingerprint density at radius 2 is 1.68 bits per heavy atom. The Morgan fingerprint density at radius 1 is 1.05 bits per heavy atom. The normalized spacial score (nSPS) is 35.3. The van der Waals surface area contributed by atoms with Gasteiger partial charge in [-0.25, -0.2) is 9.59 Å². The number of halogens is 2. The maximum absolute atomic E-state index is 14.3. The van der Waals surface area contributed by atoms with Crippen LogP contribution in [0, 0.1) is 27.9 Å². The number of carbonyl (C=O) groups excluding carboxylic acids is 3. The van der Waals surface area contributed by atoms with Gasteiger partial charge in [-0.3, -0.25) is 14.9 Å². The molecule has 0 aromatic heterocycles. The molecule has 2 unspecified atom stereocenters. The van der Waals surface area contributed by atoms with E-state index < -0.39 is 107 Å². The van der Waals surface area contributed by atoms with Crippen LogP contribution in [0.15, 0.2) is 42.5 Å². The second-order valence-electron chi connectivity index (χ2n) is 17.6. The van der Waals surface area contributed by atoms with Crippen LogP contribution in [-0.4, -0.2) is 140 Å². The number of anilines is 1. The van der Waals surface area contributed by atoms with Crippen molar-refractivity contribution in [2.75, 3.05) is 26.0 Å². The molecular weight excluding hydrogens is 851 g/mol. The van der Waals surface area contributed by atoms with Crippen LogP contribution >= 0.6 is 23.2 Å². The maximum atomic E-state index is 14.3. The van der Waals surface area contributed by atoms with E-state index in [1.165, 1.54) is 62.9 Å². The number of nitro benzene ring substituents is 1. The first-order valence-electron chi connectivity index (χ1n) is 20.8. The Balaban J connectivity index is 1.87. The van der Waals surface area contributed by atoms with Gasteiger partial charge in [0.2, 0.25) is 0 Å². The highest BCUT2D eigenvalue weighted by atomic mass is 35.5. The van der Waals surface area contributed by atoms with Crippen LogP contribution in [0.25, 0.3) is 0 Å². The molecule has 2 aliphatic heterocycles. The average molecular weight is 914 g/mol. The van der Waals surface area contributed by atoms with Gasteiger partial charge < -0.3 is 54.5 Å². The number of benzene rings is 2. The number of aliphatic hydroxyl groups is 4. The number of nitrogens with zero attached hydrogens (tertiary/aromatic N) is 3. The van der Waals surface area contributed by atoms with E-state index in [1.807, 2.05) is 11.8 Å². The van der Waals surface area contributed by atoms with Gasteiger partial charge in [-0.1, -0.05) is 44.0 Å². The SMILES string of the molecule is CC[C@H]1OC(=O)[C@H](C)C(OC(=O)c2ccc([N+](=O)[O-])cc2)[C@H](C)[C@@H](O[C@@H]2O[C@H](C)C[C@H](N(C)C)[C@H]2O)C(C)(O)C[C@@H](C)CN(C(=O)Nc2ccc(Cl)cc2Cl)[C@H](C)[C@@H](O)[C@]1(C)O. The lowest BCUT2D eigenvalue weighted by molar-refractivity contribution is -0.384. The molecule has 14 atom stereocenters. The summed E-state index contributed by atoms with van der Waals surface area (Å²) in [6.07, 6.45) is -8.45. The number of non-ortho nitro benzene ring substituents is 1. The number of nitro groups is 1. The molecule has 2 amide bonds. The van der Waals surface area contributed by atoms with Crippen molar-refractivity contribution in [3.63, 3.8) is 0 Å². The zero-order valence-electron chi connectivity index (χ0n) is 36.9. The smallest absolute Gasteiger partial charge is 0.338 e. The predicted octanol–water partition coefficient (Wildman–Crippen LogP) is 5.66. The Morgan fingerprint density at radius 3 is 2.24 bits per heavy atom. The predicted molar refractivity (Wildman–Crippen MR) is 231 cm³/mol. The van der Waals surface area contributed by atoms with E-state index in [0.29, 0.717) is 11.4 Å². The van der Waals surface area contributed by atoms with E-state index in [9.17, 15) is 44.9 Å². The lowest BCUT2D eigenvalue weighted by atomic mass is 9.77. The van der Waals surface area contributed by atoms with Gasteiger partial charge in [-0.05, 0) is 104 Å². The van der Waals surface area contributed by atoms with Gasteiger partial charge in [-0.2, -0.15) is 0 Å². The number of nitrogens with one attached hydrogen (secondary N) is 1. The molecule has 0 aliphatic carbocycles. The first-order valence-corrected chi connectivity index (χ1v) is 21.5. The highest BCUT2D eigenvalue weighted by molar-refractivity contribution is 6.36. The molecule has 5 N–H and O–H groups in total. The molecule has 2 aromatic rings. The Bertz CT molecular complexity index is 1890. The summed E-state index contributed by atoms with van der Waals surface area (Å²) in [5.74, 6) is -4.91. The van der Waals surface area contributed by atoms with Crippen molar-refractivity contribution in [2.24, 2.45) is 17.8 Å². The van der Waals surface area contributed by atoms with Gasteiger partial charge in [0, 0.05) is 35.7 Å². The highest BCUT2D eigenvalue weighted by Gasteiger charge is 2.51. The van der Waals surface area contributed by atoms with Crippen molar-refractivity contribution in [1.29, 1.82) is 0 Å². The third-order valence-electron chi connectivity index (χ3n) is 12.1. The maximum Gasteiger partial charge on any atom is 0.338 e. The van der Waals surface area contributed by atoms with Crippen molar-refractivity contribution in [2.45, 2.75) is 141 Å². The van der Waals surface area contributed by atoms with Crippen LogP contribution in [0.4, 0.5) is 16.2 Å². The van der Waals surface area contributed by atoms with Crippen LogP contribution in [0.5, 0.6) is 0 Å². The molecule has 0 bridgehead atoms. The Labute approximate surface area is 372 Å². The molecule has 4 rings (SSSR count). The summed E-state index contributed by atoms with van der Waals surface area (Å²) >= 11 is 12.5. The molecule has 17 nitrogen and oxygen atoms in total. The molecule has 0 spiro atoms. The monoisotopic (exact) mass is 912 g/mol. The number of rotatable bonds is 8. The van der Waals surface area contributed by atoms with Gasteiger partial charge in [0.05, 0.1) is 51.0 Å². The van der Waals surface area contributed by atoms with Crippen molar-refractivity contribution < 1.29 is 58.7 Å². The minimum absolute atomic E-state index is 0.00358. The van der Waals surface area contributed by atoms with E-state index >= 15 is 0 Å². The van der Waals surface area contributed by atoms with E-state index in [-0.39, 0.29) is 41.3 Å². The van der Waals surface area contributed by atoms with Crippen molar-refractivity contribution in [3.8, 4) is 0 Å². The van der Waals surface area contributed by atoms with Crippen LogP contribution in [0.2, 0.25) is 10.0 Å². The molecule has 19 heteroatoms. The minimum atomic E-state index is -2.16. The molecule has 0 radical (unpaired) electrons. The largest absolute Gasteiger partial charge is 0.459 e. The Kier molecular flexibility index (Phi) is 17.2. The van der Waals surface area contributed by atoms with Crippen molar-refractivity contribution in [3.05, 3.63) is 68.2 Å². The molecule has 62 heavy (non-hydrogen) atoms. The summed E-state index contributed by atoms with van der Waals surface area (Å²) in [5, 5.41) is 62.7. The molecular formula is C43H62Cl2N4O13. The molecule has 2 saturated heterocycles. The minimum Gasteiger partial charge on any atom is -0.459 e. The average Bonchev–Trinajstić information content (AvgIpc) is 3.20. The van der Waals surface area contributed by atoms with Crippen LogP contribution in [0.1, 0.15) is 85.0 Å². The zero-order chi connectivity index (χ0) is 46.6. The number of amides is 2. The summed E-state index contributed by atoms with van der Waals surface area (Å²) in [6, 6.07) is 6.88. The number of esters is 2. The fourth-order valence-electron chi connectivity index (χ4n) is 8.66. The second kappa shape index (κ2) is 20.9. The number of hydrogen-bond donors (Lipinski definition) is 5. The third-order valence-corrected chi connectivity index (χ3v) is 12.7. The van der Waals surface area contributed by atoms with Gasteiger partial charge in [0.15, 0.2) is 6.29 Å². The van der Waals surface area contributed by atoms with E-state index in [2.05, 4.69) is 5.32 Å². The van der Waals surface area contributed by atoms with Gasteiger partial charge in [0.25, 0.3) is 5.69 Å². The summed E-state index contributed by atoms with van der Waals surface area (Å²) in [5.41, 5.74) is -4.18. The fourth-order valence-corrected chi connectivity index (χ4v) is 9.12. The standard InChI is InChI=1S/C43H62Cl2N4O13/c1-11-33-43(8,56)36(51)26(6)48(41(54)46-31-17-14-28(44)19-30(31)45)21-22(2)20-42(7,55)37(62-40-34(50)32(47(9)10)18-23(3)59-40)24(4)35(25(5)38(52)60-33)61-39(53)27-12-15-29(16-13-27)49(57)58/h12-17,19,22-26,32-37,40,50-51,55-56H,11,18,20-21H2,1-10H3,(H,46,54)/t22-,23-,24+,25-,26-,32+,33-,34-,35?,36-,37-,40+,42?,43-/m1/s1. The first-order chi connectivity index (χ1) is 28.8. The lowest BCUT2D eigenvalue weighted by Crippen LogP contribution is -2.61. The van der Waals surface area contributed by atoms with Gasteiger partial charge in [-0.15, -0.1) is 0 Å². The summed E-state index contributed by atoms with van der Waals surface area (Å²) < 4.78 is 24.8. The van der Waals surface area contributed by atoms with Gasteiger partial charge in [0.1, 0.15) is 30.0 Å². The van der Waals surface area contributed by atoms with Gasteiger partial charge >= 0.3 is 18.0 Å². The van der Waals surface area contributed by atoms with Crippen molar-refractivity contribution >= 4 is 52.5 Å². The van der Waals surface area contributed by atoms with Crippen molar-refractivity contribution in [1.82, 2.24) is 9.80 Å². The van der Waals surface area contributed by atoms with E-state index in [0.717, 1.165) is 12.1 Å². The fraction of sp³-hybridized carbons (Fsp3) is 0.651. The number of ether oxygens (including phenoxy) is 4. The number of aliphatic hydroxyl groups excluding tert-OH is 2. The molecule has 2 aromatic carbocycles. The molecule has 2 fully saturated rings. The molecule has 2 aliphatic rings. The summed E-state index contributed by atoms with van der Waals surface area (Å²) in [7, 11) is 3.60. The van der Waals surface area contributed by atoms with E-state index in [1.54, 1.807) is 34.9 Å². The second-order valence-corrected chi connectivity index (χ2v) is 18.4. The summed E-state index contributed by atoms with van der Waals surface area (Å²) in [6.45, 7) is 12.4. The van der Waals surface area contributed by atoms with Crippen LogP contribution in [-0.2, 0) is 23.7 Å². The number of carbonyl (C=O) groups is 3. The summed E-state index contributed by atoms with van der Waals surface area (Å²) in [4.78, 5) is 56.2. The number of hydrogen-bond acceptors (Lipinski definition) is 14. The molecule has 0 saturated carbocycles. The number of likely N-dealkylation sites (N-methyl/N-ethyl adjacent to an activating group) is 1. The zero-order valence-corrected chi connectivity index (χ0v) is 38.4. The highest BCUT2D eigenvalue weighted by Crippen LogP contribution is 2.38. The molecule has 2 heterocycles.